The number of nitrogens with zero attached hydrogens (tertiary/aromatic N) is 2. The predicted octanol–water partition coefficient (Wildman–Crippen LogP) is 6.72. The zero-order chi connectivity index (χ0) is 30.1. The van der Waals surface area contributed by atoms with Crippen molar-refractivity contribution in [2.75, 3.05) is 33.2 Å². The van der Waals surface area contributed by atoms with E-state index in [-0.39, 0.29) is 37.4 Å². The van der Waals surface area contributed by atoms with Gasteiger partial charge in [0, 0.05) is 0 Å². The Balaban J connectivity index is 2.11. The van der Waals surface area contributed by atoms with Crippen LogP contribution in [0.5, 0.6) is 11.5 Å². The molecule has 41 heavy (non-hydrogen) atoms. The summed E-state index contributed by atoms with van der Waals surface area (Å²) in [7, 11) is -1.18. The Labute approximate surface area is 245 Å². The Morgan fingerprint density at radius 2 is 1.37 bits per heavy atom. The number of hydrogen-bond donors (Lipinski definition) is 2. The molecule has 0 aromatic heterocycles. The summed E-state index contributed by atoms with van der Waals surface area (Å²) < 4.78 is 20.3. The van der Waals surface area contributed by atoms with Crippen LogP contribution in [0.2, 0.25) is 0 Å². The van der Waals surface area contributed by atoms with E-state index in [0.717, 1.165) is 16.7 Å². The number of hydrogen-bond acceptors (Lipinski definition) is 7. The van der Waals surface area contributed by atoms with Gasteiger partial charge in [-0.25, -0.2) is 0 Å². The molecule has 0 spiro atoms. The molecule has 0 atom stereocenters. The Morgan fingerprint density at radius 1 is 0.805 bits per heavy atom. The van der Waals surface area contributed by atoms with E-state index in [0.29, 0.717) is 17.9 Å². The second kappa shape index (κ2) is 13.8. The van der Waals surface area contributed by atoms with E-state index >= 15 is 0 Å². The van der Waals surface area contributed by atoms with Gasteiger partial charge in [-0.05, 0) is 0 Å². The monoisotopic (exact) mass is 580 g/mol. The molecule has 0 heterocycles. The van der Waals surface area contributed by atoms with Gasteiger partial charge < -0.3 is 0 Å². The van der Waals surface area contributed by atoms with E-state index < -0.39 is 12.8 Å². The van der Waals surface area contributed by atoms with Gasteiger partial charge in [0.1, 0.15) is 0 Å². The standard InChI is InChI=1S/C33H45N2O5P/c1-26(2)35(27(3)4)41(36,37,24-14-22-34)25-15-23-40-33(28-16-9-7-10-17-28,29-18-11-8-12-19-29)30-20-13-21-31(38-5)32(30)39-6/h7-13,16-21,26-27,36-37H,14-15,23-25H2,1-6H3. The number of rotatable bonds is 15. The van der Waals surface area contributed by atoms with Crippen LogP contribution in [0.4, 0.5) is 0 Å². The third kappa shape index (κ3) is 6.92. The topological polar surface area (TPSA) is 95.2 Å². The molecule has 0 amide bonds. The number of ether oxygens (including phenoxy) is 3. The molecule has 0 aliphatic carbocycles. The molecular formula is C33H45N2O5P. The summed E-state index contributed by atoms with van der Waals surface area (Å²) in [6, 6.07) is 27.6. The van der Waals surface area contributed by atoms with Crippen molar-refractivity contribution in [3.63, 3.8) is 0 Å². The second-order valence-electron chi connectivity index (χ2n) is 10.9. The molecular weight excluding hydrogens is 535 g/mol. The fourth-order valence-electron chi connectivity index (χ4n) is 6.13. The summed E-state index contributed by atoms with van der Waals surface area (Å²) in [4.78, 5) is 24.0. The summed E-state index contributed by atoms with van der Waals surface area (Å²) in [6.45, 7) is 8.06. The number of methoxy groups -OCH3 is 2. The third-order valence-electron chi connectivity index (χ3n) is 7.50. The number of benzene rings is 3. The molecule has 0 aliphatic heterocycles. The maximum absolute atomic E-state index is 12.0. The van der Waals surface area contributed by atoms with Crippen molar-refractivity contribution in [1.82, 2.24) is 4.67 Å². The van der Waals surface area contributed by atoms with Gasteiger partial charge in [0.2, 0.25) is 0 Å². The zero-order valence-electron chi connectivity index (χ0n) is 25.2. The van der Waals surface area contributed by atoms with Gasteiger partial charge in [-0.1, -0.05) is 0 Å². The fourth-order valence-corrected chi connectivity index (χ4v) is 10.3. The molecule has 0 radical (unpaired) electrons. The number of nitriles is 1. The first-order chi connectivity index (χ1) is 19.5. The fraction of sp³-hybridized carbons (Fsp3) is 0.424. The SMILES string of the molecule is COc1cccc(C(OCCCP(O)(O)(CCC#N)N(C(C)C)C(C)C)(c2ccccc2)c2ccccc2)c1OC. The van der Waals surface area contributed by atoms with Crippen LogP contribution in [0.3, 0.4) is 0 Å². The molecule has 0 saturated heterocycles. The van der Waals surface area contributed by atoms with Gasteiger partial charge in [0.15, 0.2) is 0 Å². The molecule has 3 aromatic carbocycles. The minimum atomic E-state index is -4.41. The van der Waals surface area contributed by atoms with Gasteiger partial charge in [-0.2, -0.15) is 0 Å². The molecule has 222 valence electrons. The van der Waals surface area contributed by atoms with Gasteiger partial charge in [-0.15, -0.1) is 0 Å². The predicted molar refractivity (Wildman–Crippen MR) is 166 cm³/mol. The van der Waals surface area contributed by atoms with Crippen molar-refractivity contribution in [2.24, 2.45) is 0 Å². The first kappa shape index (κ1) is 32.5. The zero-order valence-corrected chi connectivity index (χ0v) is 26.1. The van der Waals surface area contributed by atoms with Crippen molar-refractivity contribution in [3.8, 4) is 17.6 Å². The van der Waals surface area contributed by atoms with Gasteiger partial charge in [0.05, 0.1) is 0 Å². The molecule has 8 heteroatoms. The average molecular weight is 581 g/mol. The van der Waals surface area contributed by atoms with Crippen LogP contribution in [0, 0.1) is 11.3 Å². The first-order valence-corrected chi connectivity index (χ1v) is 16.6. The molecule has 0 fully saturated rings. The van der Waals surface area contributed by atoms with Crippen molar-refractivity contribution in [2.45, 2.75) is 58.2 Å². The summed E-state index contributed by atoms with van der Waals surface area (Å²) in [5, 5.41) is 9.33. The minimum absolute atomic E-state index is 0.0324. The van der Waals surface area contributed by atoms with Crippen molar-refractivity contribution in [1.29, 1.82) is 5.26 Å². The summed E-state index contributed by atoms with van der Waals surface area (Å²) in [6.07, 6.45) is 0.601. The molecule has 0 aliphatic rings. The van der Waals surface area contributed by atoms with Gasteiger partial charge in [0.25, 0.3) is 0 Å². The van der Waals surface area contributed by atoms with Gasteiger partial charge >= 0.3 is 246 Å². The Hall–Kier alpha value is -2.98. The third-order valence-corrected chi connectivity index (χ3v) is 11.9. The van der Waals surface area contributed by atoms with Crippen LogP contribution in [-0.4, -0.2) is 59.7 Å². The Morgan fingerprint density at radius 3 is 1.83 bits per heavy atom. The van der Waals surface area contributed by atoms with Crippen LogP contribution in [0.15, 0.2) is 78.9 Å². The van der Waals surface area contributed by atoms with Gasteiger partial charge in [-0.3, -0.25) is 0 Å². The summed E-state index contributed by atoms with van der Waals surface area (Å²) in [5.74, 6) is 1.15. The first-order valence-electron chi connectivity index (χ1n) is 14.2. The molecule has 0 unspecified atom stereocenters. The van der Waals surface area contributed by atoms with Crippen molar-refractivity contribution in [3.05, 3.63) is 95.6 Å². The second-order valence-corrected chi connectivity index (χ2v) is 15.0. The molecule has 2 N–H and O–H groups in total. The molecule has 0 bridgehead atoms. The van der Waals surface area contributed by atoms with Crippen LogP contribution < -0.4 is 9.47 Å². The average Bonchev–Trinajstić information content (AvgIpc) is 2.96. The van der Waals surface area contributed by atoms with E-state index in [1.165, 1.54) is 0 Å². The quantitative estimate of drug-likeness (QED) is 0.117. The summed E-state index contributed by atoms with van der Waals surface area (Å²) in [5.41, 5.74) is 1.50. The van der Waals surface area contributed by atoms with E-state index in [9.17, 15) is 15.0 Å². The van der Waals surface area contributed by atoms with Crippen molar-refractivity contribution < 1.29 is 24.0 Å². The molecule has 3 rings (SSSR count). The van der Waals surface area contributed by atoms with E-state index in [1.54, 1.807) is 14.2 Å². The van der Waals surface area contributed by atoms with Crippen LogP contribution in [-0.2, 0) is 10.3 Å². The van der Waals surface area contributed by atoms with Crippen LogP contribution >= 0.6 is 7.21 Å². The molecule has 3 aromatic rings. The van der Waals surface area contributed by atoms with Crippen molar-refractivity contribution >= 4 is 7.21 Å². The molecule has 7 nitrogen and oxygen atoms in total. The maximum atomic E-state index is 12.0. The van der Waals surface area contributed by atoms with E-state index in [4.69, 9.17) is 14.2 Å². The molecule has 0 saturated carbocycles. The Bertz CT molecular complexity index is 1240. The normalized spacial score (nSPS) is 13.2. The van der Waals surface area contributed by atoms with E-state index in [1.807, 2.05) is 111 Å². The van der Waals surface area contributed by atoms with E-state index in [2.05, 4.69) is 6.07 Å². The van der Waals surface area contributed by atoms with Crippen LogP contribution in [0.25, 0.3) is 0 Å². The number of para-hydroxylation sites is 1. The summed E-state index contributed by atoms with van der Waals surface area (Å²) >= 11 is 0. The van der Waals surface area contributed by atoms with Crippen LogP contribution in [0.1, 0.15) is 57.2 Å². The Kier molecular flexibility index (Phi) is 10.9.